The third-order valence-electron chi connectivity index (χ3n) is 5.73. The fraction of sp³-hybridized carbons (Fsp3) is 0.167. The lowest BCUT2D eigenvalue weighted by Crippen LogP contribution is -2.50. The molecule has 4 rings (SSSR count). The molecule has 0 spiro atoms. The fourth-order valence-corrected chi connectivity index (χ4v) is 5.49. The Morgan fingerprint density at radius 2 is 1.38 bits per heavy atom. The molecule has 0 amide bonds. The van der Waals surface area contributed by atoms with Gasteiger partial charge in [0.25, 0.3) is 5.78 Å². The Morgan fingerprint density at radius 3 is 1.91 bits per heavy atom. The maximum Gasteiger partial charge on any atom is 0.416 e. The van der Waals surface area contributed by atoms with E-state index in [-0.39, 0.29) is 17.9 Å². The van der Waals surface area contributed by atoms with E-state index in [0.717, 1.165) is 16.4 Å². The van der Waals surface area contributed by atoms with Crippen LogP contribution >= 0.6 is 0 Å². The number of fused-ring (bicyclic) bond motifs is 1. The second-order valence-electron chi connectivity index (χ2n) is 7.81. The molecule has 0 aromatic heterocycles. The molecular formula is C24H18F3NO5S. The summed E-state index contributed by atoms with van der Waals surface area (Å²) in [4.78, 5) is 23.6. The number of sulfonamides is 1. The van der Waals surface area contributed by atoms with E-state index in [9.17, 15) is 36.3 Å². The normalized spacial score (nSPS) is 16.6. The number of Topliss-reactive ketones (excluding diaryl/α,β-unsaturated/α-hetero) is 1. The Hall–Kier alpha value is -3.50. The van der Waals surface area contributed by atoms with Crippen molar-refractivity contribution in [3.63, 3.8) is 0 Å². The number of carbonyl (C=O) groups is 2. The predicted molar refractivity (Wildman–Crippen MR) is 116 cm³/mol. The highest BCUT2D eigenvalue weighted by molar-refractivity contribution is 7.89. The van der Waals surface area contributed by atoms with Crippen molar-refractivity contribution in [2.45, 2.75) is 30.1 Å². The van der Waals surface area contributed by atoms with Crippen LogP contribution in [-0.4, -0.2) is 35.6 Å². The molecule has 10 heteroatoms. The van der Waals surface area contributed by atoms with Crippen molar-refractivity contribution in [3.8, 4) is 11.1 Å². The molecule has 0 saturated carbocycles. The Balaban J connectivity index is 1.66. The molecule has 0 saturated heterocycles. The second kappa shape index (κ2) is 8.69. The lowest BCUT2D eigenvalue weighted by atomic mass is 9.94. The maximum atomic E-state index is 13.4. The molecule has 1 heterocycles. The molecule has 0 radical (unpaired) electrons. The van der Waals surface area contributed by atoms with Gasteiger partial charge in [0.15, 0.2) is 0 Å². The van der Waals surface area contributed by atoms with Crippen molar-refractivity contribution >= 4 is 21.8 Å². The standard InChI is InChI=1S/C24H18F3NO5S/c25-24(26,27)19-9-5-15(6-10-19)16-7-11-20(12-8-16)34(32,33)28-14-18-4-2-1-3-17(18)13-21(28)22(29)23(30)31/h1-12,21H,13-14H2,(H,30,31)/t21-/m1/s1. The highest BCUT2D eigenvalue weighted by Gasteiger charge is 2.41. The third-order valence-corrected chi connectivity index (χ3v) is 7.59. The number of carbonyl (C=O) groups excluding carboxylic acids is 1. The van der Waals surface area contributed by atoms with Gasteiger partial charge in [-0.1, -0.05) is 48.5 Å². The number of carboxylic acid groups (broad SMARTS) is 1. The zero-order valence-electron chi connectivity index (χ0n) is 17.5. The highest BCUT2D eigenvalue weighted by atomic mass is 32.2. The Labute approximate surface area is 193 Å². The van der Waals surface area contributed by atoms with Crippen molar-refractivity contribution in [3.05, 3.63) is 89.5 Å². The monoisotopic (exact) mass is 489 g/mol. The number of halogens is 3. The summed E-state index contributed by atoms with van der Waals surface area (Å²) in [5.41, 5.74) is 1.53. The smallest absolute Gasteiger partial charge is 0.416 e. The molecule has 34 heavy (non-hydrogen) atoms. The van der Waals surface area contributed by atoms with Gasteiger partial charge in [-0.25, -0.2) is 13.2 Å². The molecule has 3 aromatic carbocycles. The van der Waals surface area contributed by atoms with E-state index >= 15 is 0 Å². The van der Waals surface area contributed by atoms with Gasteiger partial charge in [-0.05, 0) is 52.9 Å². The van der Waals surface area contributed by atoms with Crippen molar-refractivity contribution < 1.29 is 36.3 Å². The summed E-state index contributed by atoms with van der Waals surface area (Å²) in [5, 5.41) is 9.23. The first-order valence-electron chi connectivity index (χ1n) is 10.1. The number of hydrogen-bond acceptors (Lipinski definition) is 4. The molecule has 0 unspecified atom stereocenters. The average molecular weight is 489 g/mol. The molecule has 1 aliphatic rings. The van der Waals surface area contributed by atoms with E-state index in [1.165, 1.54) is 36.4 Å². The molecule has 1 N–H and O–H groups in total. The van der Waals surface area contributed by atoms with Crippen LogP contribution in [0, 0.1) is 0 Å². The van der Waals surface area contributed by atoms with Crippen LogP contribution in [0.1, 0.15) is 16.7 Å². The van der Waals surface area contributed by atoms with E-state index in [1.807, 2.05) is 0 Å². The van der Waals surface area contributed by atoms with Crippen molar-refractivity contribution in [1.82, 2.24) is 4.31 Å². The Kier molecular flexibility index (Phi) is 6.05. The summed E-state index contributed by atoms with van der Waals surface area (Å²) >= 11 is 0. The summed E-state index contributed by atoms with van der Waals surface area (Å²) in [5.74, 6) is -2.94. The summed E-state index contributed by atoms with van der Waals surface area (Å²) in [7, 11) is -4.26. The number of aliphatic carboxylic acids is 1. The molecule has 0 aliphatic carbocycles. The molecular weight excluding hydrogens is 471 g/mol. The van der Waals surface area contributed by atoms with Gasteiger partial charge in [-0.2, -0.15) is 17.5 Å². The molecule has 3 aromatic rings. The van der Waals surface area contributed by atoms with Crippen LogP contribution in [0.3, 0.4) is 0 Å². The molecule has 176 valence electrons. The summed E-state index contributed by atoms with van der Waals surface area (Å²) < 4.78 is 66.0. The van der Waals surface area contributed by atoms with Gasteiger partial charge < -0.3 is 5.11 Å². The largest absolute Gasteiger partial charge is 0.475 e. The van der Waals surface area contributed by atoms with E-state index in [1.54, 1.807) is 24.3 Å². The first kappa shape index (κ1) is 23.7. The zero-order chi connectivity index (χ0) is 24.7. The van der Waals surface area contributed by atoms with Crippen molar-refractivity contribution in [2.24, 2.45) is 0 Å². The lowest BCUT2D eigenvalue weighted by molar-refractivity contribution is -0.151. The van der Waals surface area contributed by atoms with E-state index < -0.39 is 39.6 Å². The first-order chi connectivity index (χ1) is 16.0. The molecule has 0 fully saturated rings. The molecule has 1 aliphatic heterocycles. The summed E-state index contributed by atoms with van der Waals surface area (Å²) in [6, 6.07) is 15.4. The van der Waals surface area contributed by atoms with Crippen LogP contribution in [0.4, 0.5) is 13.2 Å². The topological polar surface area (TPSA) is 91.8 Å². The average Bonchev–Trinajstić information content (AvgIpc) is 2.82. The lowest BCUT2D eigenvalue weighted by Gasteiger charge is -2.34. The maximum absolute atomic E-state index is 13.4. The van der Waals surface area contributed by atoms with Crippen LogP contribution in [0.15, 0.2) is 77.7 Å². The van der Waals surface area contributed by atoms with Gasteiger partial charge in [0.2, 0.25) is 10.0 Å². The van der Waals surface area contributed by atoms with Crippen LogP contribution in [0.25, 0.3) is 11.1 Å². The van der Waals surface area contributed by atoms with Gasteiger partial charge in [-0.3, -0.25) is 4.79 Å². The number of carboxylic acids is 1. The number of ketones is 1. The first-order valence-corrected chi connectivity index (χ1v) is 11.6. The second-order valence-corrected chi connectivity index (χ2v) is 9.70. The quantitative estimate of drug-likeness (QED) is 0.544. The molecule has 1 atom stereocenters. The Morgan fingerprint density at radius 1 is 0.853 bits per heavy atom. The number of nitrogens with zero attached hydrogens (tertiary/aromatic N) is 1. The van der Waals surface area contributed by atoms with Crippen LogP contribution in [0.5, 0.6) is 0 Å². The van der Waals surface area contributed by atoms with Gasteiger partial charge in [0.05, 0.1) is 16.5 Å². The highest BCUT2D eigenvalue weighted by Crippen LogP contribution is 2.33. The van der Waals surface area contributed by atoms with Crippen molar-refractivity contribution in [2.75, 3.05) is 0 Å². The van der Waals surface area contributed by atoms with Gasteiger partial charge in [0, 0.05) is 6.54 Å². The van der Waals surface area contributed by atoms with Crippen LogP contribution < -0.4 is 0 Å². The SMILES string of the molecule is O=C(O)C(=O)[C@H]1Cc2ccccc2CN1S(=O)(=O)c1ccc(-c2ccc(C(F)(F)F)cc2)cc1. The van der Waals surface area contributed by atoms with E-state index in [0.29, 0.717) is 22.3 Å². The summed E-state index contributed by atoms with van der Waals surface area (Å²) in [6.07, 6.45) is -4.53. The number of rotatable bonds is 5. The minimum absolute atomic E-state index is 0.0653. The van der Waals surface area contributed by atoms with Crippen LogP contribution in [0.2, 0.25) is 0 Å². The van der Waals surface area contributed by atoms with Gasteiger partial charge in [-0.15, -0.1) is 0 Å². The number of alkyl halides is 3. The van der Waals surface area contributed by atoms with Gasteiger partial charge >= 0.3 is 12.1 Å². The molecule has 6 nitrogen and oxygen atoms in total. The predicted octanol–water partition coefficient (Wildman–Crippen LogP) is 4.14. The van der Waals surface area contributed by atoms with Crippen LogP contribution in [-0.2, 0) is 38.8 Å². The minimum Gasteiger partial charge on any atom is -0.475 e. The number of hydrogen-bond donors (Lipinski definition) is 1. The number of benzene rings is 3. The fourth-order valence-electron chi connectivity index (χ4n) is 3.92. The van der Waals surface area contributed by atoms with Crippen molar-refractivity contribution in [1.29, 1.82) is 0 Å². The summed E-state index contributed by atoms with van der Waals surface area (Å²) in [6.45, 7) is -0.164. The Bertz CT molecular complexity index is 1350. The molecule has 0 bridgehead atoms. The van der Waals surface area contributed by atoms with E-state index in [4.69, 9.17) is 0 Å². The third kappa shape index (κ3) is 4.46. The minimum atomic E-state index is -4.46. The van der Waals surface area contributed by atoms with E-state index in [2.05, 4.69) is 0 Å². The van der Waals surface area contributed by atoms with Gasteiger partial charge in [0.1, 0.15) is 0 Å². The zero-order valence-corrected chi connectivity index (χ0v) is 18.3.